The maximum Gasteiger partial charge on any atom is 0.0992 e. The fourth-order valence-corrected chi connectivity index (χ4v) is 1.80. The van der Waals surface area contributed by atoms with Gasteiger partial charge in [0.05, 0.1) is 5.03 Å². The Morgan fingerprint density at radius 1 is 1.58 bits per heavy atom. The van der Waals surface area contributed by atoms with E-state index in [9.17, 15) is 0 Å². The normalized spacial score (nSPS) is 10.2. The van der Waals surface area contributed by atoms with Crippen LogP contribution in [0.1, 0.15) is 12.5 Å². The summed E-state index contributed by atoms with van der Waals surface area (Å²) >= 11 is 1.78. The summed E-state index contributed by atoms with van der Waals surface area (Å²) in [6.45, 7) is 2.83. The SMILES string of the molecule is CCSc1ncccc1CCN. The molecule has 0 unspecified atom stereocenters. The lowest BCUT2D eigenvalue weighted by Gasteiger charge is -2.04. The Morgan fingerprint density at radius 3 is 3.08 bits per heavy atom. The smallest absolute Gasteiger partial charge is 0.0992 e. The number of nitrogens with two attached hydrogens (primary N) is 1. The third kappa shape index (κ3) is 2.50. The van der Waals surface area contributed by atoms with Crippen LogP contribution >= 0.6 is 11.8 Å². The molecular weight excluding hydrogens is 168 g/mol. The molecule has 1 aromatic rings. The van der Waals surface area contributed by atoms with E-state index in [4.69, 9.17) is 5.73 Å². The van der Waals surface area contributed by atoms with E-state index in [1.165, 1.54) is 5.56 Å². The fourth-order valence-electron chi connectivity index (χ4n) is 1.04. The number of nitrogens with zero attached hydrogens (tertiary/aromatic N) is 1. The molecule has 0 saturated carbocycles. The van der Waals surface area contributed by atoms with E-state index in [1.54, 1.807) is 11.8 Å². The van der Waals surface area contributed by atoms with E-state index < -0.39 is 0 Å². The lowest BCUT2D eigenvalue weighted by atomic mass is 10.2. The first-order valence-corrected chi connectivity index (χ1v) is 5.13. The second kappa shape index (κ2) is 5.17. The van der Waals surface area contributed by atoms with Gasteiger partial charge in [-0.25, -0.2) is 4.98 Å². The molecule has 66 valence electrons. The molecule has 0 radical (unpaired) electrons. The molecule has 0 saturated heterocycles. The largest absolute Gasteiger partial charge is 0.330 e. The van der Waals surface area contributed by atoms with Crippen molar-refractivity contribution in [3.63, 3.8) is 0 Å². The lowest BCUT2D eigenvalue weighted by Crippen LogP contribution is -2.04. The molecule has 0 aliphatic carbocycles. The summed E-state index contributed by atoms with van der Waals surface area (Å²) in [6.07, 6.45) is 2.76. The second-order valence-corrected chi connectivity index (χ2v) is 3.69. The van der Waals surface area contributed by atoms with Crippen LogP contribution in [0.4, 0.5) is 0 Å². The predicted molar refractivity (Wildman–Crippen MR) is 53.4 cm³/mol. The number of rotatable bonds is 4. The molecule has 1 rings (SSSR count). The van der Waals surface area contributed by atoms with Crippen LogP contribution in [-0.4, -0.2) is 17.3 Å². The number of hydrogen-bond donors (Lipinski definition) is 1. The molecule has 0 spiro atoms. The number of thioether (sulfide) groups is 1. The van der Waals surface area contributed by atoms with Crippen molar-refractivity contribution >= 4 is 11.8 Å². The van der Waals surface area contributed by atoms with Crippen molar-refractivity contribution in [3.8, 4) is 0 Å². The monoisotopic (exact) mass is 182 g/mol. The lowest BCUT2D eigenvalue weighted by molar-refractivity contribution is 0.912. The molecule has 0 atom stereocenters. The van der Waals surface area contributed by atoms with Gasteiger partial charge in [0.25, 0.3) is 0 Å². The number of hydrogen-bond acceptors (Lipinski definition) is 3. The van der Waals surface area contributed by atoms with Crippen LogP contribution in [0.5, 0.6) is 0 Å². The topological polar surface area (TPSA) is 38.9 Å². The molecule has 1 heterocycles. The standard InChI is InChI=1S/C9H14N2S/c1-2-12-9-8(5-6-10)4-3-7-11-9/h3-4,7H,2,5-6,10H2,1H3. The zero-order valence-corrected chi connectivity index (χ0v) is 8.10. The van der Waals surface area contributed by atoms with Crippen LogP contribution in [0.3, 0.4) is 0 Å². The molecule has 0 fully saturated rings. The van der Waals surface area contributed by atoms with Crippen molar-refractivity contribution in [3.05, 3.63) is 23.9 Å². The van der Waals surface area contributed by atoms with Crippen LogP contribution in [0.15, 0.2) is 23.4 Å². The van der Waals surface area contributed by atoms with Crippen LogP contribution < -0.4 is 5.73 Å². The van der Waals surface area contributed by atoms with Crippen LogP contribution in [0.25, 0.3) is 0 Å². The van der Waals surface area contributed by atoms with Crippen LogP contribution in [-0.2, 0) is 6.42 Å². The van der Waals surface area contributed by atoms with Crippen LogP contribution in [0.2, 0.25) is 0 Å². The first-order chi connectivity index (χ1) is 5.88. The summed E-state index contributed by atoms with van der Waals surface area (Å²) in [5, 5.41) is 1.13. The van der Waals surface area contributed by atoms with Gasteiger partial charge in [0.2, 0.25) is 0 Å². The molecule has 2 N–H and O–H groups in total. The molecule has 2 nitrogen and oxygen atoms in total. The van der Waals surface area contributed by atoms with Crippen molar-refractivity contribution in [2.24, 2.45) is 5.73 Å². The van der Waals surface area contributed by atoms with E-state index in [-0.39, 0.29) is 0 Å². The average Bonchev–Trinajstić information content (AvgIpc) is 2.09. The summed E-state index contributed by atoms with van der Waals surface area (Å²) < 4.78 is 0. The van der Waals surface area contributed by atoms with Gasteiger partial charge in [-0.2, -0.15) is 0 Å². The van der Waals surface area contributed by atoms with Gasteiger partial charge < -0.3 is 5.73 Å². The van der Waals surface area contributed by atoms with Gasteiger partial charge in [-0.1, -0.05) is 13.0 Å². The van der Waals surface area contributed by atoms with E-state index in [0.29, 0.717) is 6.54 Å². The summed E-state index contributed by atoms with van der Waals surface area (Å²) in [7, 11) is 0. The Labute approximate surface area is 77.6 Å². The predicted octanol–water partition coefficient (Wildman–Crippen LogP) is 1.69. The maximum atomic E-state index is 5.49. The van der Waals surface area contributed by atoms with Crippen molar-refractivity contribution in [1.82, 2.24) is 4.98 Å². The molecule has 0 aromatic carbocycles. The Bertz CT molecular complexity index is 213. The van der Waals surface area contributed by atoms with Gasteiger partial charge in [-0.3, -0.25) is 0 Å². The highest BCUT2D eigenvalue weighted by Gasteiger charge is 2.00. The van der Waals surface area contributed by atoms with Gasteiger partial charge in [-0.15, -0.1) is 11.8 Å². The summed E-state index contributed by atoms with van der Waals surface area (Å²) in [4.78, 5) is 4.29. The highest BCUT2D eigenvalue weighted by atomic mass is 32.2. The average molecular weight is 182 g/mol. The van der Waals surface area contributed by atoms with Gasteiger partial charge in [0, 0.05) is 6.20 Å². The number of pyridine rings is 1. The van der Waals surface area contributed by atoms with Crippen molar-refractivity contribution < 1.29 is 0 Å². The Hall–Kier alpha value is -0.540. The highest BCUT2D eigenvalue weighted by Crippen LogP contribution is 2.19. The zero-order valence-electron chi connectivity index (χ0n) is 7.29. The summed E-state index contributed by atoms with van der Waals surface area (Å²) in [5.74, 6) is 1.06. The third-order valence-electron chi connectivity index (χ3n) is 1.54. The minimum Gasteiger partial charge on any atom is -0.330 e. The molecule has 12 heavy (non-hydrogen) atoms. The minimum atomic E-state index is 0.697. The fraction of sp³-hybridized carbons (Fsp3) is 0.444. The van der Waals surface area contributed by atoms with E-state index >= 15 is 0 Å². The van der Waals surface area contributed by atoms with Crippen LogP contribution in [0, 0.1) is 0 Å². The van der Waals surface area contributed by atoms with Gasteiger partial charge in [-0.05, 0) is 30.3 Å². The molecule has 1 aromatic heterocycles. The molecular formula is C9H14N2S. The second-order valence-electron chi connectivity index (χ2n) is 2.44. The first kappa shape index (κ1) is 9.55. The molecule has 3 heteroatoms. The number of aromatic nitrogens is 1. The quantitative estimate of drug-likeness (QED) is 0.720. The Kier molecular flexibility index (Phi) is 4.11. The summed E-state index contributed by atoms with van der Waals surface area (Å²) in [6, 6.07) is 4.06. The Balaban J connectivity index is 2.77. The molecule has 0 aliphatic rings. The van der Waals surface area contributed by atoms with E-state index in [2.05, 4.69) is 18.0 Å². The van der Waals surface area contributed by atoms with Crippen molar-refractivity contribution in [2.75, 3.05) is 12.3 Å². The third-order valence-corrected chi connectivity index (χ3v) is 2.47. The van der Waals surface area contributed by atoms with E-state index in [1.807, 2.05) is 12.3 Å². The van der Waals surface area contributed by atoms with E-state index in [0.717, 1.165) is 17.2 Å². The van der Waals surface area contributed by atoms with Gasteiger partial charge in [0.15, 0.2) is 0 Å². The van der Waals surface area contributed by atoms with Gasteiger partial charge in [0.1, 0.15) is 0 Å². The molecule has 0 aliphatic heterocycles. The highest BCUT2D eigenvalue weighted by molar-refractivity contribution is 7.99. The zero-order chi connectivity index (χ0) is 8.81. The maximum absolute atomic E-state index is 5.49. The molecule has 0 amide bonds. The summed E-state index contributed by atoms with van der Waals surface area (Å²) in [5.41, 5.74) is 6.76. The first-order valence-electron chi connectivity index (χ1n) is 4.15. The van der Waals surface area contributed by atoms with Crippen molar-refractivity contribution in [1.29, 1.82) is 0 Å². The van der Waals surface area contributed by atoms with Crippen molar-refractivity contribution in [2.45, 2.75) is 18.4 Å². The molecule has 0 bridgehead atoms. The Morgan fingerprint density at radius 2 is 2.42 bits per heavy atom. The van der Waals surface area contributed by atoms with Gasteiger partial charge >= 0.3 is 0 Å². The minimum absolute atomic E-state index is 0.697.